The summed E-state index contributed by atoms with van der Waals surface area (Å²) in [4.78, 5) is 41.7. The van der Waals surface area contributed by atoms with Crippen LogP contribution < -0.4 is 19.7 Å². The molecule has 34 heavy (non-hydrogen) atoms. The van der Waals surface area contributed by atoms with E-state index in [9.17, 15) is 14.4 Å². The third-order valence-electron chi connectivity index (χ3n) is 5.29. The first-order valence-corrected chi connectivity index (χ1v) is 11.3. The van der Waals surface area contributed by atoms with Crippen LogP contribution in [0.5, 0.6) is 11.5 Å². The number of ketones is 1. The second-order valence-electron chi connectivity index (χ2n) is 9.36. The highest BCUT2D eigenvalue weighted by Gasteiger charge is 2.33. The SMILES string of the molecule is COc1cc(OC)c(NC(=O)CN2C(=O)N(CC(=O)CC(C)(C)C)Cc3ccccc32)cc1Cl. The number of hydrogen-bond donors (Lipinski definition) is 1. The molecule has 182 valence electrons. The summed E-state index contributed by atoms with van der Waals surface area (Å²) in [6.07, 6.45) is 0.358. The Labute approximate surface area is 204 Å². The zero-order valence-electron chi connectivity index (χ0n) is 20.1. The van der Waals surface area contributed by atoms with Crippen molar-refractivity contribution in [1.82, 2.24) is 4.90 Å². The zero-order chi connectivity index (χ0) is 25.0. The highest BCUT2D eigenvalue weighted by atomic mass is 35.5. The molecule has 8 nitrogen and oxygen atoms in total. The van der Waals surface area contributed by atoms with Gasteiger partial charge >= 0.3 is 6.03 Å². The molecule has 0 aromatic heterocycles. The average molecular weight is 488 g/mol. The molecular weight excluding hydrogens is 458 g/mol. The summed E-state index contributed by atoms with van der Waals surface area (Å²) >= 11 is 6.20. The molecule has 0 bridgehead atoms. The number of carbonyl (C=O) groups is 3. The van der Waals surface area contributed by atoms with Gasteiger partial charge in [0.15, 0.2) is 5.78 Å². The topological polar surface area (TPSA) is 88.2 Å². The minimum atomic E-state index is -0.439. The molecule has 1 aliphatic rings. The minimum absolute atomic E-state index is 0.00946. The lowest BCUT2D eigenvalue weighted by Gasteiger charge is -2.36. The first-order chi connectivity index (χ1) is 16.0. The lowest BCUT2D eigenvalue weighted by Crippen LogP contribution is -2.51. The fourth-order valence-corrected chi connectivity index (χ4v) is 4.12. The molecular formula is C25H30ClN3O5. The molecule has 0 spiro atoms. The zero-order valence-corrected chi connectivity index (χ0v) is 20.9. The number of carbonyl (C=O) groups excluding carboxylic acids is 3. The molecule has 1 heterocycles. The van der Waals surface area contributed by atoms with E-state index in [0.29, 0.717) is 40.9 Å². The Kier molecular flexibility index (Phi) is 7.71. The van der Waals surface area contributed by atoms with Crippen LogP contribution in [0, 0.1) is 5.41 Å². The Morgan fingerprint density at radius 3 is 2.38 bits per heavy atom. The highest BCUT2D eigenvalue weighted by Crippen LogP contribution is 2.36. The molecule has 2 aromatic carbocycles. The molecule has 3 rings (SSSR count). The lowest BCUT2D eigenvalue weighted by molar-refractivity contribution is -0.121. The summed E-state index contributed by atoms with van der Waals surface area (Å²) < 4.78 is 10.5. The summed E-state index contributed by atoms with van der Waals surface area (Å²) in [6, 6.07) is 10.1. The normalized spacial score (nSPS) is 13.4. The summed E-state index contributed by atoms with van der Waals surface area (Å²) in [6.45, 7) is 6.00. The molecule has 0 atom stereocenters. The molecule has 3 amide bonds. The number of ether oxygens (including phenoxy) is 2. The van der Waals surface area contributed by atoms with Crippen molar-refractivity contribution in [3.05, 3.63) is 47.0 Å². The van der Waals surface area contributed by atoms with Crippen LogP contribution in [0.3, 0.4) is 0 Å². The highest BCUT2D eigenvalue weighted by molar-refractivity contribution is 6.32. The predicted octanol–water partition coefficient (Wildman–Crippen LogP) is 4.74. The number of nitrogens with one attached hydrogen (secondary N) is 1. The molecule has 0 saturated heterocycles. The Morgan fingerprint density at radius 1 is 1.06 bits per heavy atom. The van der Waals surface area contributed by atoms with Gasteiger partial charge in [-0.25, -0.2) is 4.79 Å². The summed E-state index contributed by atoms with van der Waals surface area (Å²) in [7, 11) is 2.95. The maximum atomic E-state index is 13.3. The first kappa shape index (κ1) is 25.4. The van der Waals surface area contributed by atoms with Gasteiger partial charge in [0.2, 0.25) is 5.91 Å². The first-order valence-electron chi connectivity index (χ1n) is 10.9. The van der Waals surface area contributed by atoms with Crippen molar-refractivity contribution in [2.75, 3.05) is 37.5 Å². The maximum absolute atomic E-state index is 13.3. The number of hydrogen-bond acceptors (Lipinski definition) is 5. The van der Waals surface area contributed by atoms with Crippen molar-refractivity contribution in [2.24, 2.45) is 5.41 Å². The van der Waals surface area contributed by atoms with E-state index in [1.54, 1.807) is 12.1 Å². The molecule has 0 radical (unpaired) electrons. The van der Waals surface area contributed by atoms with Gasteiger partial charge in [0, 0.05) is 19.0 Å². The van der Waals surface area contributed by atoms with Gasteiger partial charge in [0.25, 0.3) is 0 Å². The van der Waals surface area contributed by atoms with Crippen LogP contribution in [0.4, 0.5) is 16.2 Å². The molecule has 1 N–H and O–H groups in total. The summed E-state index contributed by atoms with van der Waals surface area (Å²) in [5.41, 5.74) is 1.69. The smallest absolute Gasteiger partial charge is 0.325 e. The Morgan fingerprint density at radius 2 is 1.74 bits per heavy atom. The second kappa shape index (κ2) is 10.3. The predicted molar refractivity (Wildman–Crippen MR) is 132 cm³/mol. The van der Waals surface area contributed by atoms with Crippen molar-refractivity contribution in [1.29, 1.82) is 0 Å². The number of amides is 3. The molecule has 0 unspecified atom stereocenters. The number of halogens is 1. The molecule has 2 aromatic rings. The fraction of sp³-hybridized carbons (Fsp3) is 0.400. The molecule has 0 fully saturated rings. The van der Waals surface area contributed by atoms with Gasteiger partial charge in [-0.15, -0.1) is 0 Å². The van der Waals surface area contributed by atoms with E-state index in [1.807, 2.05) is 39.0 Å². The van der Waals surface area contributed by atoms with Crippen LogP contribution in [0.15, 0.2) is 36.4 Å². The number of fused-ring (bicyclic) bond motifs is 1. The number of para-hydroxylation sites is 1. The van der Waals surface area contributed by atoms with Gasteiger partial charge in [-0.2, -0.15) is 0 Å². The molecule has 0 saturated carbocycles. The van der Waals surface area contributed by atoms with E-state index in [2.05, 4.69) is 5.32 Å². The second-order valence-corrected chi connectivity index (χ2v) is 9.77. The van der Waals surface area contributed by atoms with Crippen molar-refractivity contribution >= 4 is 40.7 Å². The van der Waals surface area contributed by atoms with Gasteiger partial charge in [-0.05, 0) is 23.1 Å². The van der Waals surface area contributed by atoms with Crippen molar-refractivity contribution in [3.63, 3.8) is 0 Å². The van der Waals surface area contributed by atoms with E-state index >= 15 is 0 Å². The summed E-state index contributed by atoms with van der Waals surface area (Å²) in [5, 5.41) is 3.06. The number of Topliss-reactive ketones (excluding diaryl/α,β-unsaturated/α-hetero) is 1. The third kappa shape index (κ3) is 5.99. The fourth-order valence-electron chi connectivity index (χ4n) is 3.88. The minimum Gasteiger partial charge on any atom is -0.495 e. The number of anilines is 2. The van der Waals surface area contributed by atoms with Crippen LogP contribution in [-0.4, -0.2) is 49.9 Å². The quantitative estimate of drug-likeness (QED) is 0.580. The van der Waals surface area contributed by atoms with E-state index in [0.717, 1.165) is 5.56 Å². The largest absolute Gasteiger partial charge is 0.495 e. The maximum Gasteiger partial charge on any atom is 0.325 e. The van der Waals surface area contributed by atoms with Crippen molar-refractivity contribution in [2.45, 2.75) is 33.7 Å². The molecule has 0 aliphatic carbocycles. The standard InChI is InChI=1S/C25H30ClN3O5/c1-25(2,3)12-17(30)14-28-13-16-8-6-7-9-20(16)29(24(28)32)15-23(31)27-19-10-18(26)21(33-4)11-22(19)34-5/h6-11H,12-15H2,1-5H3,(H,27,31). The van der Waals surface area contributed by atoms with Crippen LogP contribution in [0.25, 0.3) is 0 Å². The van der Waals surface area contributed by atoms with Gasteiger partial charge in [0.1, 0.15) is 18.0 Å². The van der Waals surface area contributed by atoms with E-state index in [1.165, 1.54) is 30.1 Å². The van der Waals surface area contributed by atoms with Crippen LogP contribution in [-0.2, 0) is 16.1 Å². The van der Waals surface area contributed by atoms with E-state index in [4.69, 9.17) is 21.1 Å². The molecule has 1 aliphatic heterocycles. The summed E-state index contributed by atoms with van der Waals surface area (Å²) in [5.74, 6) is 0.314. The van der Waals surface area contributed by atoms with Gasteiger partial charge in [-0.1, -0.05) is 50.6 Å². The van der Waals surface area contributed by atoms with Gasteiger partial charge in [-0.3, -0.25) is 14.5 Å². The van der Waals surface area contributed by atoms with Crippen LogP contribution in [0.1, 0.15) is 32.8 Å². The number of urea groups is 1. The Hall–Kier alpha value is -3.26. The lowest BCUT2D eigenvalue weighted by atomic mass is 9.90. The monoisotopic (exact) mass is 487 g/mol. The van der Waals surface area contributed by atoms with Gasteiger partial charge < -0.3 is 19.7 Å². The van der Waals surface area contributed by atoms with Crippen LogP contribution in [0.2, 0.25) is 5.02 Å². The van der Waals surface area contributed by atoms with Gasteiger partial charge in [0.05, 0.1) is 37.2 Å². The van der Waals surface area contributed by atoms with Crippen molar-refractivity contribution in [3.8, 4) is 11.5 Å². The van der Waals surface area contributed by atoms with E-state index in [-0.39, 0.29) is 24.3 Å². The number of benzene rings is 2. The average Bonchev–Trinajstić information content (AvgIpc) is 2.75. The number of rotatable bonds is 8. The Balaban J connectivity index is 1.81. The Bertz CT molecular complexity index is 1100. The number of methoxy groups -OCH3 is 2. The van der Waals surface area contributed by atoms with E-state index < -0.39 is 11.9 Å². The van der Waals surface area contributed by atoms with Crippen molar-refractivity contribution < 1.29 is 23.9 Å². The number of nitrogens with zero attached hydrogens (tertiary/aromatic N) is 2. The third-order valence-corrected chi connectivity index (χ3v) is 5.58. The molecule has 9 heteroatoms. The van der Waals surface area contributed by atoms with Crippen LogP contribution >= 0.6 is 11.6 Å².